The van der Waals surface area contributed by atoms with Crippen molar-refractivity contribution in [2.24, 2.45) is 0 Å². The smallest absolute Gasteiger partial charge is 0.228 e. The third kappa shape index (κ3) is 3.15. The molecule has 0 radical (unpaired) electrons. The summed E-state index contributed by atoms with van der Waals surface area (Å²) in [5.41, 5.74) is 2.22. The Kier molecular flexibility index (Phi) is 4.59. The Balaban J connectivity index is 2.00. The number of nitrogens with zero attached hydrogens (tertiary/aromatic N) is 1. The number of carbonyl (C=O) groups excluding carboxylic acids is 1. The van der Waals surface area contributed by atoms with E-state index in [9.17, 15) is 4.79 Å². The van der Waals surface area contributed by atoms with Crippen LogP contribution in [0.1, 0.15) is 37.3 Å². The Morgan fingerprint density at radius 2 is 2.21 bits per heavy atom. The summed E-state index contributed by atoms with van der Waals surface area (Å²) in [5, 5.41) is 3.47. The zero-order valence-electron chi connectivity index (χ0n) is 11.4. The Bertz CT molecular complexity index is 490. The van der Waals surface area contributed by atoms with Gasteiger partial charge < -0.3 is 10.2 Å². The Morgan fingerprint density at radius 3 is 3.00 bits per heavy atom. The minimum atomic E-state index is 0.130. The van der Waals surface area contributed by atoms with Crippen molar-refractivity contribution in [2.75, 3.05) is 18.5 Å². The van der Waals surface area contributed by atoms with Gasteiger partial charge in [0, 0.05) is 31.6 Å². The van der Waals surface area contributed by atoms with Gasteiger partial charge in [0.15, 0.2) is 0 Å². The lowest BCUT2D eigenvalue weighted by atomic mass is 9.96. The van der Waals surface area contributed by atoms with Crippen molar-refractivity contribution in [3.8, 4) is 12.3 Å². The highest BCUT2D eigenvalue weighted by molar-refractivity contribution is 5.96. The third-order valence-corrected chi connectivity index (χ3v) is 3.56. The normalized spacial score (nSPS) is 18.0. The summed E-state index contributed by atoms with van der Waals surface area (Å²) < 4.78 is 0. The molecule has 0 fully saturated rings. The fourth-order valence-electron chi connectivity index (χ4n) is 2.45. The molecule has 0 saturated heterocycles. The number of anilines is 1. The van der Waals surface area contributed by atoms with Crippen LogP contribution in [0.25, 0.3) is 0 Å². The molecule has 3 nitrogen and oxygen atoms in total. The van der Waals surface area contributed by atoms with Crippen molar-refractivity contribution in [3.63, 3.8) is 0 Å². The Morgan fingerprint density at radius 1 is 1.42 bits per heavy atom. The van der Waals surface area contributed by atoms with Crippen LogP contribution < -0.4 is 10.2 Å². The molecule has 1 aliphatic rings. The molecule has 1 heterocycles. The highest BCUT2D eigenvalue weighted by Gasteiger charge is 2.28. The van der Waals surface area contributed by atoms with E-state index in [1.54, 1.807) is 4.90 Å². The number of benzene rings is 1. The monoisotopic (exact) mass is 256 g/mol. The van der Waals surface area contributed by atoms with E-state index in [1.165, 1.54) is 5.56 Å². The van der Waals surface area contributed by atoms with E-state index in [0.717, 1.165) is 31.5 Å². The van der Waals surface area contributed by atoms with E-state index in [0.29, 0.717) is 6.42 Å². The zero-order chi connectivity index (χ0) is 13.7. The van der Waals surface area contributed by atoms with Crippen LogP contribution in [-0.2, 0) is 4.79 Å². The van der Waals surface area contributed by atoms with Gasteiger partial charge in [-0.05, 0) is 31.0 Å². The van der Waals surface area contributed by atoms with Gasteiger partial charge in [-0.15, -0.1) is 12.3 Å². The first-order valence-corrected chi connectivity index (χ1v) is 6.76. The maximum Gasteiger partial charge on any atom is 0.228 e. The SMILES string of the molecule is C#CCCCCNC1CC(=O)N(C)c2ccccc21. The molecule has 0 bridgehead atoms. The van der Waals surface area contributed by atoms with Gasteiger partial charge in [-0.3, -0.25) is 4.79 Å². The Labute approximate surface area is 115 Å². The fourth-order valence-corrected chi connectivity index (χ4v) is 2.45. The van der Waals surface area contributed by atoms with Crippen molar-refractivity contribution < 1.29 is 4.79 Å². The van der Waals surface area contributed by atoms with Gasteiger partial charge in [0.05, 0.1) is 0 Å². The van der Waals surface area contributed by atoms with Crippen molar-refractivity contribution >= 4 is 11.6 Å². The van der Waals surface area contributed by atoms with Gasteiger partial charge in [0.25, 0.3) is 0 Å². The topological polar surface area (TPSA) is 32.3 Å². The maximum absolute atomic E-state index is 12.0. The number of rotatable bonds is 5. The quantitative estimate of drug-likeness (QED) is 0.648. The molecule has 19 heavy (non-hydrogen) atoms. The van der Waals surface area contributed by atoms with Crippen molar-refractivity contribution in [3.05, 3.63) is 29.8 Å². The molecule has 0 saturated carbocycles. The van der Waals surface area contributed by atoms with Gasteiger partial charge in [-0.25, -0.2) is 0 Å². The number of terminal acetylenes is 1. The summed E-state index contributed by atoms with van der Waals surface area (Å²) in [5.74, 6) is 2.81. The second-order valence-corrected chi connectivity index (χ2v) is 4.88. The molecule has 1 amide bonds. The molecule has 1 aromatic carbocycles. The molecule has 1 aliphatic heterocycles. The first-order valence-electron chi connectivity index (χ1n) is 6.76. The van der Waals surface area contributed by atoms with Crippen molar-refractivity contribution in [2.45, 2.75) is 31.7 Å². The first kappa shape index (κ1) is 13.6. The third-order valence-electron chi connectivity index (χ3n) is 3.56. The molecule has 0 spiro atoms. The average molecular weight is 256 g/mol. The van der Waals surface area contributed by atoms with Gasteiger partial charge >= 0.3 is 0 Å². The maximum atomic E-state index is 12.0. The van der Waals surface area contributed by atoms with Crippen LogP contribution in [0.2, 0.25) is 0 Å². The number of hydrogen-bond donors (Lipinski definition) is 1. The molecule has 0 aliphatic carbocycles. The minimum absolute atomic E-state index is 0.130. The average Bonchev–Trinajstić information content (AvgIpc) is 2.44. The summed E-state index contributed by atoms with van der Waals surface area (Å²) in [6.07, 6.45) is 8.67. The van der Waals surface area contributed by atoms with E-state index >= 15 is 0 Å². The zero-order valence-corrected chi connectivity index (χ0v) is 11.4. The van der Waals surface area contributed by atoms with Crippen LogP contribution >= 0.6 is 0 Å². The Hall–Kier alpha value is -1.79. The lowest BCUT2D eigenvalue weighted by molar-refractivity contribution is -0.119. The molecule has 1 aromatic rings. The molecule has 2 rings (SSSR count). The number of amides is 1. The van der Waals surface area contributed by atoms with Gasteiger partial charge in [0.1, 0.15) is 0 Å². The molecule has 3 heteroatoms. The minimum Gasteiger partial charge on any atom is -0.315 e. The highest BCUT2D eigenvalue weighted by atomic mass is 16.2. The summed E-state index contributed by atoms with van der Waals surface area (Å²) >= 11 is 0. The predicted molar refractivity (Wildman–Crippen MR) is 77.9 cm³/mol. The first-order chi connectivity index (χ1) is 9.24. The predicted octanol–water partition coefficient (Wildman–Crippen LogP) is 2.49. The molecule has 1 unspecified atom stereocenters. The number of nitrogens with one attached hydrogen (secondary N) is 1. The van der Waals surface area contributed by atoms with Gasteiger partial charge in [-0.2, -0.15) is 0 Å². The molecule has 1 N–H and O–H groups in total. The summed E-state index contributed by atoms with van der Waals surface area (Å²) in [7, 11) is 1.84. The standard InChI is InChI=1S/C16H20N2O/c1-3-4-5-8-11-17-14-12-16(19)18(2)15-10-7-6-9-13(14)15/h1,6-7,9-10,14,17H,4-5,8,11-12H2,2H3. The highest BCUT2D eigenvalue weighted by Crippen LogP contribution is 2.33. The number of hydrogen-bond acceptors (Lipinski definition) is 2. The largest absolute Gasteiger partial charge is 0.315 e. The molecular formula is C16H20N2O. The van der Waals surface area contributed by atoms with E-state index in [-0.39, 0.29) is 11.9 Å². The van der Waals surface area contributed by atoms with Crippen molar-refractivity contribution in [1.82, 2.24) is 5.32 Å². The number of para-hydroxylation sites is 1. The van der Waals surface area contributed by atoms with Crippen LogP contribution in [-0.4, -0.2) is 19.5 Å². The van der Waals surface area contributed by atoms with E-state index in [1.807, 2.05) is 25.2 Å². The van der Waals surface area contributed by atoms with Crippen LogP contribution in [0.5, 0.6) is 0 Å². The summed E-state index contributed by atoms with van der Waals surface area (Å²) in [6, 6.07) is 8.22. The van der Waals surface area contributed by atoms with Crippen LogP contribution in [0.4, 0.5) is 5.69 Å². The molecular weight excluding hydrogens is 236 g/mol. The van der Waals surface area contributed by atoms with Crippen LogP contribution in [0, 0.1) is 12.3 Å². The summed E-state index contributed by atoms with van der Waals surface area (Å²) in [4.78, 5) is 13.7. The van der Waals surface area contributed by atoms with Gasteiger partial charge in [0.2, 0.25) is 5.91 Å². The van der Waals surface area contributed by atoms with Crippen LogP contribution in [0.15, 0.2) is 24.3 Å². The lowest BCUT2D eigenvalue weighted by Gasteiger charge is -2.32. The second kappa shape index (κ2) is 6.40. The van der Waals surface area contributed by atoms with Gasteiger partial charge in [-0.1, -0.05) is 18.2 Å². The number of fused-ring (bicyclic) bond motifs is 1. The summed E-state index contributed by atoms with van der Waals surface area (Å²) in [6.45, 7) is 0.900. The van der Waals surface area contributed by atoms with Crippen molar-refractivity contribution in [1.29, 1.82) is 0 Å². The second-order valence-electron chi connectivity index (χ2n) is 4.88. The molecule has 0 aromatic heterocycles. The van der Waals surface area contributed by atoms with E-state index in [2.05, 4.69) is 17.3 Å². The lowest BCUT2D eigenvalue weighted by Crippen LogP contribution is -2.38. The fraction of sp³-hybridized carbons (Fsp3) is 0.438. The molecule has 1 atom stereocenters. The number of carbonyl (C=O) groups is 1. The van der Waals surface area contributed by atoms with E-state index < -0.39 is 0 Å². The molecule has 100 valence electrons. The van der Waals surface area contributed by atoms with E-state index in [4.69, 9.17) is 6.42 Å². The number of unbranched alkanes of at least 4 members (excludes halogenated alkanes) is 2. The van der Waals surface area contributed by atoms with Crippen LogP contribution in [0.3, 0.4) is 0 Å².